The minimum Gasteiger partial charge on any atom is -0.497 e. The van der Waals surface area contributed by atoms with E-state index in [9.17, 15) is 4.79 Å². The lowest BCUT2D eigenvalue weighted by Gasteiger charge is -2.26. The molecule has 0 saturated heterocycles. The lowest BCUT2D eigenvalue weighted by Crippen LogP contribution is -2.10. The van der Waals surface area contributed by atoms with Crippen LogP contribution >= 0.6 is 0 Å². The molecule has 47 heavy (non-hydrogen) atoms. The molecule has 0 heterocycles. The van der Waals surface area contributed by atoms with E-state index in [2.05, 4.69) is 114 Å². The molecule has 0 radical (unpaired) electrons. The van der Waals surface area contributed by atoms with Gasteiger partial charge in [-0.05, 0) is 120 Å². The Morgan fingerprint density at radius 1 is 0.468 bits per heavy atom. The summed E-state index contributed by atoms with van der Waals surface area (Å²) in [7, 11) is 1.70. The lowest BCUT2D eigenvalue weighted by atomic mass is 10.0. The van der Waals surface area contributed by atoms with E-state index in [4.69, 9.17) is 9.47 Å². The summed E-state index contributed by atoms with van der Waals surface area (Å²) in [4.78, 5) is 13.5. The van der Waals surface area contributed by atoms with Gasteiger partial charge in [-0.15, -0.1) is 0 Å². The second-order valence-corrected chi connectivity index (χ2v) is 11.7. The van der Waals surface area contributed by atoms with E-state index in [1.54, 1.807) is 7.11 Å². The Morgan fingerprint density at radius 3 is 1.23 bits per heavy atom. The first-order valence-electron chi connectivity index (χ1n) is 16.1. The zero-order valence-corrected chi connectivity index (χ0v) is 26.9. The highest BCUT2D eigenvalue weighted by Crippen LogP contribution is 2.36. The Bertz CT molecular complexity index is 1860. The number of esters is 1. The Labute approximate surface area is 277 Å². The van der Waals surface area contributed by atoms with Crippen molar-refractivity contribution in [3.05, 3.63) is 174 Å². The number of hydrogen-bond acceptors (Lipinski definition) is 4. The van der Waals surface area contributed by atoms with Gasteiger partial charge in [0, 0.05) is 24.0 Å². The normalized spacial score (nSPS) is 10.8. The molecule has 0 aromatic heterocycles. The predicted octanol–water partition coefficient (Wildman–Crippen LogP) is 10.3. The third-order valence-electron chi connectivity index (χ3n) is 8.37. The van der Waals surface area contributed by atoms with Gasteiger partial charge in [0.05, 0.1) is 7.11 Å². The summed E-state index contributed by atoms with van der Waals surface area (Å²) in [6, 6.07) is 53.1. The fraction of sp³-hybridized carbons (Fsp3) is 0.140. The lowest BCUT2D eigenvalue weighted by molar-refractivity contribution is -0.131. The molecule has 0 amide bonds. The minimum absolute atomic E-state index is 0.306. The standard InChI is InChI=1S/C43H39NO3/c1-32(45)47-43-30-18-36(19-31-43)11-9-34-14-24-40(25-15-34)44(41-26-20-38(21-27-41)37-6-4-3-5-7-37)39-22-12-33(13-23-39)8-10-35-16-28-42(46-2)29-17-35/h3-7,12-31H,8-11H2,1-2H3. The van der Waals surface area contributed by atoms with Gasteiger partial charge in [-0.3, -0.25) is 4.79 Å². The Balaban J connectivity index is 1.20. The summed E-state index contributed by atoms with van der Waals surface area (Å²) in [5, 5.41) is 0. The summed E-state index contributed by atoms with van der Waals surface area (Å²) < 4.78 is 10.5. The SMILES string of the molecule is COc1ccc(CCc2ccc(N(c3ccc(CCc4ccc(OC(C)=O)cc4)cc3)c3ccc(-c4ccccc4)cc3)cc2)cc1. The van der Waals surface area contributed by atoms with E-state index in [0.29, 0.717) is 5.75 Å². The second kappa shape index (κ2) is 15.1. The van der Waals surface area contributed by atoms with Crippen molar-refractivity contribution >= 4 is 23.0 Å². The number of rotatable bonds is 12. The van der Waals surface area contributed by atoms with E-state index in [1.807, 2.05) is 42.5 Å². The summed E-state index contributed by atoms with van der Waals surface area (Å²) in [5.41, 5.74) is 10.8. The van der Waals surface area contributed by atoms with E-state index in [0.717, 1.165) is 48.5 Å². The molecule has 0 unspecified atom stereocenters. The van der Waals surface area contributed by atoms with Crippen molar-refractivity contribution in [2.45, 2.75) is 32.6 Å². The molecular formula is C43H39NO3. The van der Waals surface area contributed by atoms with Gasteiger partial charge in [-0.25, -0.2) is 0 Å². The third-order valence-corrected chi connectivity index (χ3v) is 8.37. The number of anilines is 3. The van der Waals surface area contributed by atoms with Crippen LogP contribution in [0.1, 0.15) is 29.2 Å². The molecule has 0 aliphatic rings. The van der Waals surface area contributed by atoms with Gasteiger partial charge < -0.3 is 14.4 Å². The van der Waals surface area contributed by atoms with Crippen molar-refractivity contribution in [1.29, 1.82) is 0 Å². The molecule has 0 fully saturated rings. The fourth-order valence-electron chi connectivity index (χ4n) is 5.76. The zero-order chi connectivity index (χ0) is 32.4. The summed E-state index contributed by atoms with van der Waals surface area (Å²) >= 11 is 0. The predicted molar refractivity (Wildman–Crippen MR) is 192 cm³/mol. The van der Waals surface area contributed by atoms with E-state index in [1.165, 1.54) is 40.3 Å². The average molecular weight is 618 g/mol. The molecule has 234 valence electrons. The van der Waals surface area contributed by atoms with Crippen LogP contribution in [0.25, 0.3) is 11.1 Å². The van der Waals surface area contributed by atoms with Crippen molar-refractivity contribution in [2.24, 2.45) is 0 Å². The summed E-state index contributed by atoms with van der Waals surface area (Å²) in [6.45, 7) is 1.42. The van der Waals surface area contributed by atoms with Crippen molar-refractivity contribution in [2.75, 3.05) is 12.0 Å². The first kappa shape index (κ1) is 31.4. The van der Waals surface area contributed by atoms with Gasteiger partial charge in [-0.1, -0.05) is 91.0 Å². The largest absolute Gasteiger partial charge is 0.497 e. The van der Waals surface area contributed by atoms with Crippen molar-refractivity contribution in [3.8, 4) is 22.6 Å². The van der Waals surface area contributed by atoms with Gasteiger partial charge in [-0.2, -0.15) is 0 Å². The van der Waals surface area contributed by atoms with Crippen molar-refractivity contribution in [3.63, 3.8) is 0 Å². The molecule has 0 saturated carbocycles. The van der Waals surface area contributed by atoms with Crippen LogP contribution < -0.4 is 14.4 Å². The van der Waals surface area contributed by atoms with Crippen LogP contribution in [-0.4, -0.2) is 13.1 Å². The average Bonchev–Trinajstić information content (AvgIpc) is 3.12. The molecule has 0 atom stereocenters. The molecule has 6 aromatic rings. The Kier molecular flexibility index (Phi) is 10.1. The van der Waals surface area contributed by atoms with Gasteiger partial charge in [0.1, 0.15) is 11.5 Å². The molecule has 0 aliphatic carbocycles. The van der Waals surface area contributed by atoms with Crippen LogP contribution in [0.3, 0.4) is 0 Å². The quantitative estimate of drug-likeness (QED) is 0.101. The van der Waals surface area contributed by atoms with Gasteiger partial charge in [0.25, 0.3) is 0 Å². The van der Waals surface area contributed by atoms with Crippen LogP contribution in [0.2, 0.25) is 0 Å². The number of aryl methyl sites for hydroxylation is 4. The van der Waals surface area contributed by atoms with Crippen molar-refractivity contribution in [1.82, 2.24) is 0 Å². The molecule has 0 spiro atoms. The van der Waals surface area contributed by atoms with E-state index in [-0.39, 0.29) is 5.97 Å². The molecule has 4 nitrogen and oxygen atoms in total. The highest BCUT2D eigenvalue weighted by Gasteiger charge is 2.13. The van der Waals surface area contributed by atoms with Crippen LogP contribution in [0, 0.1) is 0 Å². The number of hydrogen-bond donors (Lipinski definition) is 0. The zero-order valence-electron chi connectivity index (χ0n) is 26.9. The summed E-state index contributed by atoms with van der Waals surface area (Å²) in [6.07, 6.45) is 3.77. The number of ether oxygens (including phenoxy) is 2. The maximum absolute atomic E-state index is 11.2. The number of carbonyl (C=O) groups excluding carboxylic acids is 1. The molecule has 0 bridgehead atoms. The van der Waals surface area contributed by atoms with Gasteiger partial charge in [0.2, 0.25) is 0 Å². The monoisotopic (exact) mass is 617 g/mol. The molecule has 4 heteroatoms. The first-order valence-corrected chi connectivity index (χ1v) is 16.1. The third kappa shape index (κ3) is 8.36. The molecule has 0 N–H and O–H groups in total. The van der Waals surface area contributed by atoms with Crippen LogP contribution in [0.5, 0.6) is 11.5 Å². The molecule has 0 aliphatic heterocycles. The van der Waals surface area contributed by atoms with Crippen LogP contribution in [-0.2, 0) is 30.5 Å². The fourth-order valence-corrected chi connectivity index (χ4v) is 5.76. The number of nitrogens with zero attached hydrogens (tertiary/aromatic N) is 1. The van der Waals surface area contributed by atoms with Gasteiger partial charge >= 0.3 is 5.97 Å². The number of benzene rings is 6. The Morgan fingerprint density at radius 2 is 0.830 bits per heavy atom. The minimum atomic E-state index is -0.306. The Hall–Kier alpha value is -5.61. The van der Waals surface area contributed by atoms with E-state index >= 15 is 0 Å². The van der Waals surface area contributed by atoms with Crippen molar-refractivity contribution < 1.29 is 14.3 Å². The highest BCUT2D eigenvalue weighted by molar-refractivity contribution is 5.78. The maximum atomic E-state index is 11.2. The topological polar surface area (TPSA) is 38.8 Å². The summed E-state index contributed by atoms with van der Waals surface area (Å²) in [5.74, 6) is 1.16. The molecule has 6 rings (SSSR count). The highest BCUT2D eigenvalue weighted by atomic mass is 16.5. The smallest absolute Gasteiger partial charge is 0.308 e. The molecule has 6 aromatic carbocycles. The molecular weight excluding hydrogens is 578 g/mol. The first-order chi connectivity index (χ1) is 23.0. The van der Waals surface area contributed by atoms with Crippen LogP contribution in [0.4, 0.5) is 17.1 Å². The number of carbonyl (C=O) groups is 1. The maximum Gasteiger partial charge on any atom is 0.308 e. The second-order valence-electron chi connectivity index (χ2n) is 11.7. The van der Waals surface area contributed by atoms with E-state index < -0.39 is 0 Å². The van der Waals surface area contributed by atoms with Crippen LogP contribution in [0.15, 0.2) is 152 Å². The van der Waals surface area contributed by atoms with Gasteiger partial charge in [0.15, 0.2) is 0 Å². The number of methoxy groups -OCH3 is 1.